The standard InChI is InChI=1S/C45H54O4/c46-42(48-38-5-1-34(2-6-38)40-35-16-26-9-27(18-35)19-36(40)17-26)41(45-23-31-13-32(24-45)15-33(14-31)25-45)43(47)49-39-7-3-37(4-8-39)44-20-28-10-29(21-44)12-30(11-28)22-44/h1-8,26-33,35-36,40-41H,9-25H2/t26?,27?,28?,29?,30?,31?,32?,33?,35?,36?,40?,41-,44?,45?/m1/s1. The average molecular weight is 659 g/mol. The number of benzene rings is 2. The van der Waals surface area contributed by atoms with Crippen molar-refractivity contribution in [2.45, 2.75) is 120 Å². The van der Waals surface area contributed by atoms with Crippen molar-refractivity contribution >= 4 is 11.9 Å². The van der Waals surface area contributed by atoms with Gasteiger partial charge in [0.2, 0.25) is 0 Å². The van der Waals surface area contributed by atoms with Gasteiger partial charge in [-0.3, -0.25) is 9.59 Å². The Bertz CT molecular complexity index is 1540. The molecule has 2 aromatic carbocycles. The summed E-state index contributed by atoms with van der Waals surface area (Å²) in [6.45, 7) is 0. The van der Waals surface area contributed by atoms with Crippen molar-refractivity contribution < 1.29 is 19.1 Å². The number of rotatable bonds is 7. The molecular weight excluding hydrogens is 604 g/mol. The van der Waals surface area contributed by atoms with Crippen LogP contribution in [0.5, 0.6) is 11.5 Å². The lowest BCUT2D eigenvalue weighted by molar-refractivity contribution is -0.169. The van der Waals surface area contributed by atoms with Gasteiger partial charge in [0.05, 0.1) is 0 Å². The Morgan fingerprint density at radius 2 is 0.878 bits per heavy atom. The normalized spacial score (nSPS) is 45.4. The highest BCUT2D eigenvalue weighted by atomic mass is 16.6. The van der Waals surface area contributed by atoms with Crippen molar-refractivity contribution in [2.75, 3.05) is 0 Å². The molecule has 12 bridgehead atoms. The van der Waals surface area contributed by atoms with Gasteiger partial charge in [-0.25, -0.2) is 0 Å². The highest BCUT2D eigenvalue weighted by Gasteiger charge is 2.59. The minimum atomic E-state index is -0.882. The van der Waals surface area contributed by atoms with E-state index in [0.717, 1.165) is 60.7 Å². The first kappa shape index (κ1) is 30.0. The Morgan fingerprint density at radius 1 is 0.490 bits per heavy atom. The van der Waals surface area contributed by atoms with Crippen LogP contribution in [-0.4, -0.2) is 11.9 Å². The van der Waals surface area contributed by atoms with Crippen LogP contribution < -0.4 is 9.47 Å². The molecule has 12 aliphatic rings. The van der Waals surface area contributed by atoms with Crippen LogP contribution in [0.25, 0.3) is 0 Å². The summed E-state index contributed by atoms with van der Waals surface area (Å²) in [4.78, 5) is 28.7. The number of carbonyl (C=O) groups is 2. The fourth-order valence-electron chi connectivity index (χ4n) is 16.0. The van der Waals surface area contributed by atoms with E-state index in [4.69, 9.17) is 9.47 Å². The van der Waals surface area contributed by atoms with Crippen LogP contribution in [0.15, 0.2) is 48.5 Å². The van der Waals surface area contributed by atoms with E-state index in [1.807, 2.05) is 24.3 Å². The van der Waals surface area contributed by atoms with Crippen LogP contribution >= 0.6 is 0 Å². The summed E-state index contributed by atoms with van der Waals surface area (Å²) in [6.07, 6.45) is 21.9. The first-order chi connectivity index (χ1) is 23.8. The summed E-state index contributed by atoms with van der Waals surface area (Å²) < 4.78 is 12.4. The minimum Gasteiger partial charge on any atom is -0.426 e. The maximum Gasteiger partial charge on any atom is 0.326 e. The van der Waals surface area contributed by atoms with Crippen molar-refractivity contribution in [3.05, 3.63) is 59.7 Å². The molecule has 12 aliphatic carbocycles. The molecule has 4 nitrogen and oxygen atoms in total. The van der Waals surface area contributed by atoms with Gasteiger partial charge in [0.25, 0.3) is 0 Å². The van der Waals surface area contributed by atoms with Crippen LogP contribution in [0.4, 0.5) is 0 Å². The summed E-state index contributed by atoms with van der Waals surface area (Å²) in [5.41, 5.74) is 2.82. The van der Waals surface area contributed by atoms with Gasteiger partial charge >= 0.3 is 11.9 Å². The van der Waals surface area contributed by atoms with E-state index in [1.54, 1.807) is 0 Å². The molecule has 49 heavy (non-hydrogen) atoms. The zero-order valence-corrected chi connectivity index (χ0v) is 29.2. The Balaban J connectivity index is 0.837. The second kappa shape index (κ2) is 10.9. The molecule has 0 aromatic heterocycles. The van der Waals surface area contributed by atoms with Gasteiger partial charge in [0.1, 0.15) is 11.5 Å². The zero-order valence-electron chi connectivity index (χ0n) is 29.2. The van der Waals surface area contributed by atoms with Gasteiger partial charge < -0.3 is 9.47 Å². The predicted octanol–water partition coefficient (Wildman–Crippen LogP) is 10.0. The Hall–Kier alpha value is -2.62. The lowest BCUT2D eigenvalue weighted by Gasteiger charge is -2.58. The maximum absolute atomic E-state index is 14.3. The van der Waals surface area contributed by atoms with Crippen molar-refractivity contribution in [1.82, 2.24) is 0 Å². The fourth-order valence-corrected chi connectivity index (χ4v) is 16.0. The third kappa shape index (κ3) is 4.95. The molecule has 258 valence electrons. The summed E-state index contributed by atoms with van der Waals surface area (Å²) in [5.74, 6) is 8.20. The first-order valence-electron chi connectivity index (χ1n) is 20.5. The van der Waals surface area contributed by atoms with Crippen molar-refractivity contribution in [3.8, 4) is 11.5 Å². The molecule has 0 N–H and O–H groups in total. The predicted molar refractivity (Wildman–Crippen MR) is 188 cm³/mol. The maximum atomic E-state index is 14.3. The topological polar surface area (TPSA) is 52.6 Å². The smallest absolute Gasteiger partial charge is 0.326 e. The second-order valence-electron chi connectivity index (χ2n) is 19.8. The highest BCUT2D eigenvalue weighted by molar-refractivity contribution is 5.97. The third-order valence-electron chi connectivity index (χ3n) is 16.6. The van der Waals surface area contributed by atoms with Crippen molar-refractivity contribution in [1.29, 1.82) is 0 Å². The van der Waals surface area contributed by atoms with Gasteiger partial charge in [-0.1, -0.05) is 24.3 Å². The molecule has 0 unspecified atom stereocenters. The number of ether oxygens (including phenoxy) is 2. The summed E-state index contributed by atoms with van der Waals surface area (Å²) >= 11 is 0. The monoisotopic (exact) mass is 658 g/mol. The average Bonchev–Trinajstić information content (AvgIpc) is 3.04. The fraction of sp³-hybridized carbons (Fsp3) is 0.689. The molecule has 14 rings (SSSR count). The molecule has 0 radical (unpaired) electrons. The molecular formula is C45H54O4. The number of carbonyl (C=O) groups excluding carboxylic acids is 2. The lowest BCUT2D eigenvalue weighted by atomic mass is 9.46. The van der Waals surface area contributed by atoms with Crippen LogP contribution in [-0.2, 0) is 15.0 Å². The van der Waals surface area contributed by atoms with Crippen LogP contribution in [0.3, 0.4) is 0 Å². The molecule has 4 heteroatoms. The number of esters is 2. The molecule has 0 heterocycles. The van der Waals surface area contributed by atoms with E-state index in [0.29, 0.717) is 40.6 Å². The molecule has 0 amide bonds. The Labute approximate surface area is 292 Å². The molecule has 2 aromatic rings. The lowest BCUT2D eigenvalue weighted by Crippen LogP contribution is -2.55. The third-order valence-corrected chi connectivity index (χ3v) is 16.6. The quantitative estimate of drug-likeness (QED) is 0.169. The van der Waals surface area contributed by atoms with Crippen molar-refractivity contribution in [2.24, 2.45) is 70.5 Å². The minimum absolute atomic E-state index is 0.314. The molecule has 12 fully saturated rings. The molecule has 0 spiro atoms. The molecule has 0 aliphatic heterocycles. The van der Waals surface area contributed by atoms with Crippen LogP contribution in [0, 0.1) is 70.5 Å². The van der Waals surface area contributed by atoms with E-state index in [1.165, 1.54) is 101 Å². The van der Waals surface area contributed by atoms with Gasteiger partial charge in [-0.15, -0.1) is 0 Å². The summed E-state index contributed by atoms with van der Waals surface area (Å²) in [5, 5.41) is 0. The number of hydrogen-bond donors (Lipinski definition) is 0. The Kier molecular flexibility index (Phi) is 6.71. The summed E-state index contributed by atoms with van der Waals surface area (Å²) in [7, 11) is 0. The van der Waals surface area contributed by atoms with Crippen LogP contribution in [0.1, 0.15) is 126 Å². The van der Waals surface area contributed by atoms with E-state index in [-0.39, 0.29) is 5.41 Å². The highest BCUT2D eigenvalue weighted by Crippen LogP contribution is 2.64. The second-order valence-corrected chi connectivity index (χ2v) is 19.8. The number of hydrogen-bond acceptors (Lipinski definition) is 4. The van der Waals surface area contributed by atoms with Crippen molar-refractivity contribution in [3.63, 3.8) is 0 Å². The largest absolute Gasteiger partial charge is 0.426 e. The molecule has 12 saturated carbocycles. The van der Waals surface area contributed by atoms with Crippen LogP contribution in [0.2, 0.25) is 0 Å². The first-order valence-corrected chi connectivity index (χ1v) is 20.5. The van der Waals surface area contributed by atoms with E-state index >= 15 is 0 Å². The molecule has 1 atom stereocenters. The van der Waals surface area contributed by atoms with E-state index < -0.39 is 17.9 Å². The van der Waals surface area contributed by atoms with Gasteiger partial charge in [-0.05, 0) is 220 Å². The van der Waals surface area contributed by atoms with Gasteiger partial charge in [0.15, 0.2) is 5.92 Å². The summed E-state index contributed by atoms with van der Waals surface area (Å²) in [6, 6.07) is 16.9. The van der Waals surface area contributed by atoms with Gasteiger partial charge in [-0.2, -0.15) is 0 Å². The SMILES string of the molecule is O=C(Oc1ccc(C2C3CC4CC(C3)CC2C4)cc1)[C@H](C(=O)Oc1ccc(C23CC4CC(CC(C4)C2)C3)cc1)C12CC3CC(CC(C3)C1)C2. The molecule has 0 saturated heterocycles. The van der Waals surface area contributed by atoms with E-state index in [9.17, 15) is 9.59 Å². The van der Waals surface area contributed by atoms with E-state index in [2.05, 4.69) is 24.3 Å². The Morgan fingerprint density at radius 3 is 1.33 bits per heavy atom. The zero-order chi connectivity index (χ0) is 32.5. The van der Waals surface area contributed by atoms with Gasteiger partial charge in [0, 0.05) is 0 Å².